The van der Waals surface area contributed by atoms with Crippen molar-refractivity contribution in [1.82, 2.24) is 34.9 Å². The molecule has 88 heavy (non-hydrogen) atoms. The van der Waals surface area contributed by atoms with E-state index < -0.39 is 52.0 Å². The topological polar surface area (TPSA) is 284 Å². The van der Waals surface area contributed by atoms with E-state index in [1.165, 1.54) is 38.9 Å². The van der Waals surface area contributed by atoms with Crippen molar-refractivity contribution in [3.05, 3.63) is 136 Å². The minimum absolute atomic E-state index is 0.0187. The first-order valence-corrected chi connectivity index (χ1v) is 28.7. The summed E-state index contributed by atoms with van der Waals surface area (Å²) in [5.74, 6) is 8.40. The number of β-amino-alcohol motifs (C(OH)–C–C–N with tert-alkyl or cyclic N) is 1. The molecule has 4 fully saturated rings. The molecule has 3 amide bonds. The van der Waals surface area contributed by atoms with Gasteiger partial charge >= 0.3 is 30.6 Å². The zero-order valence-corrected chi connectivity index (χ0v) is 51.4. The third-order valence-electron chi connectivity index (χ3n) is 13.7. The molecule has 2 unspecified atom stereocenters. The smallest absolute Gasteiger partial charge is 0.416 e. The second-order valence-corrected chi connectivity index (χ2v) is 24.9. The van der Waals surface area contributed by atoms with Gasteiger partial charge in [0.2, 0.25) is 5.82 Å². The molecule has 8 N–H and O–H groups in total. The molecule has 0 aliphatic carbocycles. The van der Waals surface area contributed by atoms with Gasteiger partial charge in [-0.25, -0.2) is 14.4 Å². The predicted molar refractivity (Wildman–Crippen MR) is 317 cm³/mol. The molecular weight excluding hydrogens is 1160 g/mol. The van der Waals surface area contributed by atoms with Crippen LogP contribution in [0.15, 0.2) is 97.1 Å². The summed E-state index contributed by atoms with van der Waals surface area (Å²) in [7, 11) is 0. The largest absolute Gasteiger partial charge is 0.444 e. The normalized spacial score (nSPS) is 18.6. The number of hydrazine groups is 1. The van der Waals surface area contributed by atoms with Gasteiger partial charge in [0.25, 0.3) is 0 Å². The fourth-order valence-corrected chi connectivity index (χ4v) is 9.54. The average Bonchev–Trinajstić information content (AvgIpc) is 4.28. The summed E-state index contributed by atoms with van der Waals surface area (Å²) in [6, 6.07) is 24.5. The number of nitrogens with one attached hydrogen (secondary N) is 1. The Hall–Kier alpha value is -7.68. The van der Waals surface area contributed by atoms with Crippen molar-refractivity contribution in [2.24, 2.45) is 17.4 Å². The first kappa shape index (κ1) is 71.1. The summed E-state index contributed by atoms with van der Waals surface area (Å²) in [6.07, 6.45) is -4.46. The molecule has 4 aliphatic rings. The summed E-state index contributed by atoms with van der Waals surface area (Å²) < 4.78 is 97.4. The molecule has 4 saturated heterocycles. The van der Waals surface area contributed by atoms with Gasteiger partial charge in [0.1, 0.15) is 33.8 Å². The quantitative estimate of drug-likeness (QED) is 0.0184. The van der Waals surface area contributed by atoms with Gasteiger partial charge in [0.05, 0.1) is 43.9 Å². The van der Waals surface area contributed by atoms with Gasteiger partial charge in [-0.2, -0.15) is 31.1 Å². The third-order valence-corrected chi connectivity index (χ3v) is 13.7. The van der Waals surface area contributed by atoms with E-state index in [1.54, 1.807) is 37.8 Å². The lowest BCUT2D eigenvalue weighted by atomic mass is 9.93. The van der Waals surface area contributed by atoms with Crippen molar-refractivity contribution < 1.29 is 69.6 Å². The second-order valence-electron chi connectivity index (χ2n) is 24.9. The molecule has 0 saturated carbocycles. The van der Waals surface area contributed by atoms with E-state index in [0.29, 0.717) is 74.3 Å². The number of benzene rings is 4. The Labute approximate surface area is 509 Å². The van der Waals surface area contributed by atoms with Crippen LogP contribution in [0, 0.1) is 5.41 Å². The number of aliphatic hydroxyl groups is 1. The Balaban J connectivity index is 0.000000232. The molecular formula is C62H83F6N11O9. The number of likely N-dealkylation sites (tertiary alicyclic amines) is 3. The number of aromatic nitrogens is 4. The maximum Gasteiger partial charge on any atom is 0.416 e. The van der Waals surface area contributed by atoms with Crippen LogP contribution in [0.2, 0.25) is 0 Å². The number of rotatable bonds is 8. The SMILES string of the molecule is CC(C)(C)OC(=O)N1CCCC(=O)C1.CC(C)(C)OC(=O)N1CCCC(O)(Cn2nnc(-c3ccccc3Cc3ccc(C(F)(F)F)cc3)n2)C1.CC(C)(C)OC(=O)N1CCCC2(CO2)C1.N=C(N)c1ccccc1Cc1ccc(C(F)(F)F)cc1.NN. The number of epoxide rings is 1. The summed E-state index contributed by atoms with van der Waals surface area (Å²) in [5, 5.41) is 31.4. The molecule has 0 radical (unpaired) electrons. The summed E-state index contributed by atoms with van der Waals surface area (Å²) in [5.41, 5.74) is 5.73. The highest BCUT2D eigenvalue weighted by molar-refractivity contribution is 5.96. The van der Waals surface area contributed by atoms with Crippen molar-refractivity contribution in [3.8, 4) is 11.4 Å². The van der Waals surface area contributed by atoms with Crippen molar-refractivity contribution in [3.63, 3.8) is 0 Å². The molecule has 20 nitrogen and oxygen atoms in total. The molecule has 5 heterocycles. The molecule has 26 heteroatoms. The molecule has 482 valence electrons. The number of Topliss-reactive ketones (excluding diaryl/α,β-unsaturated/α-hetero) is 1. The monoisotopic (exact) mass is 1240 g/mol. The molecule has 9 rings (SSSR count). The van der Waals surface area contributed by atoms with Crippen LogP contribution in [0.5, 0.6) is 0 Å². The van der Waals surface area contributed by atoms with Gasteiger partial charge in [-0.3, -0.25) is 21.9 Å². The standard InChI is InChI=1S/C26H30F3N5O3.C15H13F3N2.C11H19NO3.C10H17NO3.H4N2/c1-24(2,3)37-23(35)33-14-6-13-25(36,16-33)17-34-31-22(30-32-34)21-8-5-4-7-19(21)15-18-9-11-20(12-10-18)26(27,28)29;16-15(17,18)12-7-5-10(6-8-12)9-11-3-1-2-4-13(11)14(19)20;1-10(2,3)15-9(13)12-6-4-5-11(7-12)8-14-11;1-10(2,3)14-9(13)11-6-4-5-8(12)7-11;1-2/h4-5,7-12,36H,6,13-17H2,1-3H3;1-8H,9H2,(H3,19,20);4-8H2,1-3H3;4-7H2,1-3H3;1-2H2. The maximum atomic E-state index is 12.9. The summed E-state index contributed by atoms with van der Waals surface area (Å²) in [6.45, 7) is 20.2. The number of hydrogen-bond acceptors (Lipinski definition) is 15. The number of tetrazole rings is 1. The lowest BCUT2D eigenvalue weighted by Crippen LogP contribution is -2.53. The number of hydrogen-bond donors (Lipinski definition) is 5. The van der Waals surface area contributed by atoms with Gasteiger partial charge in [0, 0.05) is 37.2 Å². The predicted octanol–water partition coefficient (Wildman–Crippen LogP) is 10.5. The molecule has 2 atom stereocenters. The lowest BCUT2D eigenvalue weighted by molar-refractivity contribution is -0.138. The first-order valence-electron chi connectivity index (χ1n) is 28.7. The molecule has 5 aromatic rings. The second kappa shape index (κ2) is 30.0. The number of nitrogens with zero attached hydrogens (tertiary/aromatic N) is 7. The zero-order chi connectivity index (χ0) is 65.5. The highest BCUT2D eigenvalue weighted by atomic mass is 19.4. The van der Waals surface area contributed by atoms with Gasteiger partial charge in [-0.1, -0.05) is 72.8 Å². The number of amides is 3. The van der Waals surface area contributed by atoms with E-state index in [-0.39, 0.29) is 49.0 Å². The van der Waals surface area contributed by atoms with Crippen LogP contribution in [0.3, 0.4) is 0 Å². The van der Waals surface area contributed by atoms with E-state index in [0.717, 1.165) is 73.4 Å². The van der Waals surface area contributed by atoms with E-state index in [2.05, 4.69) is 27.1 Å². The van der Waals surface area contributed by atoms with Crippen LogP contribution in [-0.4, -0.2) is 144 Å². The molecule has 0 bridgehead atoms. The van der Waals surface area contributed by atoms with E-state index in [9.17, 15) is 50.6 Å². The Morgan fingerprint density at radius 2 is 1.08 bits per heavy atom. The number of amidine groups is 1. The number of carbonyl (C=O) groups excluding carboxylic acids is 4. The van der Waals surface area contributed by atoms with Gasteiger partial charge < -0.3 is 44.5 Å². The highest BCUT2D eigenvalue weighted by Gasteiger charge is 2.49. The van der Waals surface area contributed by atoms with Gasteiger partial charge in [-0.05, 0) is 159 Å². The Bertz CT molecular complexity index is 3120. The number of ketones is 1. The van der Waals surface area contributed by atoms with Crippen molar-refractivity contribution in [2.45, 2.75) is 161 Å². The highest BCUT2D eigenvalue weighted by Crippen LogP contribution is 2.37. The number of piperidine rings is 3. The van der Waals surface area contributed by atoms with Crippen molar-refractivity contribution in [2.75, 3.05) is 45.9 Å². The lowest BCUT2D eigenvalue weighted by Gasteiger charge is -2.39. The Kier molecular flexibility index (Phi) is 24.2. The van der Waals surface area contributed by atoms with Crippen LogP contribution in [-0.2, 0) is 55.5 Å². The third kappa shape index (κ3) is 23.1. The zero-order valence-electron chi connectivity index (χ0n) is 51.4. The van der Waals surface area contributed by atoms with Crippen LogP contribution in [0.4, 0.5) is 40.7 Å². The van der Waals surface area contributed by atoms with E-state index in [4.69, 9.17) is 30.1 Å². The minimum Gasteiger partial charge on any atom is -0.444 e. The summed E-state index contributed by atoms with van der Waals surface area (Å²) >= 11 is 0. The number of alkyl halides is 6. The fraction of sp³-hybridized carbons (Fsp3) is 0.516. The van der Waals surface area contributed by atoms with Crippen molar-refractivity contribution >= 4 is 29.9 Å². The number of carbonyl (C=O) groups is 4. The molecule has 1 spiro atoms. The van der Waals surface area contributed by atoms with E-state index >= 15 is 0 Å². The molecule has 1 aromatic heterocycles. The Morgan fingerprint density at radius 3 is 1.56 bits per heavy atom. The van der Waals surface area contributed by atoms with Crippen LogP contribution in [0.1, 0.15) is 140 Å². The fourth-order valence-electron chi connectivity index (χ4n) is 9.54. The maximum absolute atomic E-state index is 12.9. The number of ether oxygens (including phenoxy) is 4. The molecule has 4 aromatic carbocycles. The van der Waals surface area contributed by atoms with E-state index in [1.807, 2.05) is 77.9 Å². The average molecular weight is 1240 g/mol. The van der Waals surface area contributed by atoms with Crippen LogP contribution >= 0.6 is 0 Å². The number of halogens is 6. The Morgan fingerprint density at radius 1 is 0.636 bits per heavy atom. The van der Waals surface area contributed by atoms with Crippen molar-refractivity contribution in [1.29, 1.82) is 5.41 Å². The van der Waals surface area contributed by atoms with Gasteiger partial charge in [-0.15, -0.1) is 10.2 Å². The number of nitrogen functional groups attached to an aromatic ring is 1. The number of nitrogens with two attached hydrogens (primary N) is 3. The summed E-state index contributed by atoms with van der Waals surface area (Å²) in [4.78, 5) is 52.9. The molecule has 4 aliphatic heterocycles. The minimum atomic E-state index is -4.38. The van der Waals surface area contributed by atoms with Gasteiger partial charge in [0.15, 0.2) is 5.78 Å². The van der Waals surface area contributed by atoms with Crippen LogP contribution in [0.25, 0.3) is 11.4 Å². The first-order chi connectivity index (χ1) is 41.0. The van der Waals surface area contributed by atoms with Crippen LogP contribution < -0.4 is 17.4 Å².